The zero-order valence-electron chi connectivity index (χ0n) is 6.96. The van der Waals surface area contributed by atoms with Crippen molar-refractivity contribution in [3.05, 3.63) is 22.7 Å². The first kappa shape index (κ1) is 10.1. The number of fused-ring (bicyclic) bond motifs is 1. The molecular weight excluding hydrogens is 247 g/mol. The molecular formula is C8H6Cl2O3S. The molecule has 76 valence electrons. The van der Waals surface area contributed by atoms with Crippen LogP contribution in [0.5, 0.6) is 5.75 Å². The highest BCUT2D eigenvalue weighted by Gasteiger charge is 2.24. The number of benzene rings is 1. The van der Waals surface area contributed by atoms with E-state index in [4.69, 9.17) is 27.0 Å². The molecule has 0 amide bonds. The zero-order chi connectivity index (χ0) is 10.3. The van der Waals surface area contributed by atoms with Crippen LogP contribution in [0.25, 0.3) is 0 Å². The average molecular weight is 253 g/mol. The Bertz CT molecular complexity index is 482. The standard InChI is InChI=1S/C8H6Cl2O3S/c9-5-3-7-6(1-2-13-7)8(4-5)14(10,11)12/h3-4H,1-2H2. The zero-order valence-corrected chi connectivity index (χ0v) is 9.29. The van der Waals surface area contributed by atoms with Gasteiger partial charge in [-0.3, -0.25) is 0 Å². The van der Waals surface area contributed by atoms with Crippen LogP contribution in [0.4, 0.5) is 0 Å². The van der Waals surface area contributed by atoms with Crippen molar-refractivity contribution in [2.45, 2.75) is 11.3 Å². The van der Waals surface area contributed by atoms with Crippen LogP contribution in [-0.4, -0.2) is 15.0 Å². The highest BCUT2D eigenvalue weighted by molar-refractivity contribution is 8.13. The monoisotopic (exact) mass is 252 g/mol. The molecule has 0 radical (unpaired) electrons. The Labute approximate surface area is 91.0 Å². The van der Waals surface area contributed by atoms with E-state index >= 15 is 0 Å². The summed E-state index contributed by atoms with van der Waals surface area (Å²) in [7, 11) is 1.53. The van der Waals surface area contributed by atoms with Crippen LogP contribution < -0.4 is 4.74 Å². The van der Waals surface area contributed by atoms with Crippen LogP contribution in [0.15, 0.2) is 17.0 Å². The normalized spacial score (nSPS) is 15.0. The highest BCUT2D eigenvalue weighted by atomic mass is 35.7. The summed E-state index contributed by atoms with van der Waals surface area (Å²) in [5, 5.41) is 0.310. The lowest BCUT2D eigenvalue weighted by atomic mass is 10.2. The minimum absolute atomic E-state index is 0.0548. The molecule has 1 aromatic rings. The molecule has 0 saturated carbocycles. The maximum atomic E-state index is 11.2. The molecule has 1 aliphatic heterocycles. The summed E-state index contributed by atoms with van der Waals surface area (Å²) >= 11 is 5.73. The molecule has 0 bridgehead atoms. The summed E-state index contributed by atoms with van der Waals surface area (Å²) in [6, 6.07) is 2.94. The fourth-order valence-electron chi connectivity index (χ4n) is 1.44. The largest absolute Gasteiger partial charge is 0.493 e. The Morgan fingerprint density at radius 3 is 2.71 bits per heavy atom. The van der Waals surface area contributed by atoms with Crippen molar-refractivity contribution in [3.8, 4) is 5.75 Å². The van der Waals surface area contributed by atoms with E-state index < -0.39 is 9.05 Å². The third kappa shape index (κ3) is 1.69. The van der Waals surface area contributed by atoms with Gasteiger partial charge >= 0.3 is 0 Å². The highest BCUT2D eigenvalue weighted by Crippen LogP contribution is 2.35. The molecule has 3 nitrogen and oxygen atoms in total. The predicted molar refractivity (Wildman–Crippen MR) is 53.7 cm³/mol. The van der Waals surface area contributed by atoms with Gasteiger partial charge in [0, 0.05) is 27.7 Å². The van der Waals surface area contributed by atoms with Gasteiger partial charge in [0.2, 0.25) is 0 Å². The Kier molecular flexibility index (Phi) is 2.37. The van der Waals surface area contributed by atoms with Gasteiger partial charge in [-0.05, 0) is 12.1 Å². The first-order chi connectivity index (χ1) is 6.48. The molecule has 6 heteroatoms. The van der Waals surface area contributed by atoms with Crippen molar-refractivity contribution in [1.29, 1.82) is 0 Å². The first-order valence-corrected chi connectivity index (χ1v) is 6.57. The molecule has 1 heterocycles. The minimum atomic E-state index is -3.74. The second-order valence-corrected chi connectivity index (χ2v) is 5.89. The number of ether oxygens (including phenoxy) is 1. The molecule has 0 atom stereocenters. The summed E-state index contributed by atoms with van der Waals surface area (Å²) in [5.41, 5.74) is 0.615. The summed E-state index contributed by atoms with van der Waals surface area (Å²) in [6.45, 7) is 0.467. The number of halogens is 2. The molecule has 1 aromatic carbocycles. The Morgan fingerprint density at radius 2 is 2.07 bits per heavy atom. The topological polar surface area (TPSA) is 43.4 Å². The van der Waals surface area contributed by atoms with Gasteiger partial charge in [0.15, 0.2) is 0 Å². The van der Waals surface area contributed by atoms with Crippen LogP contribution >= 0.6 is 22.3 Å². The van der Waals surface area contributed by atoms with Crippen molar-refractivity contribution in [2.24, 2.45) is 0 Å². The predicted octanol–water partition coefficient (Wildman–Crippen LogP) is 2.20. The Morgan fingerprint density at radius 1 is 1.36 bits per heavy atom. The fourth-order valence-corrected chi connectivity index (χ4v) is 2.89. The lowest BCUT2D eigenvalue weighted by Gasteiger charge is -2.04. The average Bonchev–Trinajstić information content (AvgIpc) is 2.47. The number of hydrogen-bond acceptors (Lipinski definition) is 3. The smallest absolute Gasteiger partial charge is 0.261 e. The molecule has 0 spiro atoms. The van der Waals surface area contributed by atoms with Gasteiger partial charge in [0.1, 0.15) is 5.75 Å². The van der Waals surface area contributed by atoms with E-state index in [1.54, 1.807) is 6.07 Å². The maximum absolute atomic E-state index is 11.2. The van der Waals surface area contributed by atoms with E-state index in [0.29, 0.717) is 29.4 Å². The Hall–Kier alpha value is -0.450. The summed E-state index contributed by atoms with van der Waals surface area (Å²) in [4.78, 5) is 0.0548. The molecule has 1 aliphatic rings. The van der Waals surface area contributed by atoms with E-state index in [0.717, 1.165) is 0 Å². The Balaban J connectivity index is 2.72. The molecule has 0 saturated heterocycles. The van der Waals surface area contributed by atoms with Crippen LogP contribution in [-0.2, 0) is 15.5 Å². The maximum Gasteiger partial charge on any atom is 0.261 e. The van der Waals surface area contributed by atoms with Crippen molar-refractivity contribution >= 4 is 31.3 Å². The van der Waals surface area contributed by atoms with Gasteiger partial charge in [0.25, 0.3) is 9.05 Å². The van der Waals surface area contributed by atoms with Crippen LogP contribution in [0.3, 0.4) is 0 Å². The lowest BCUT2D eigenvalue weighted by molar-refractivity contribution is 0.357. The van der Waals surface area contributed by atoms with Gasteiger partial charge in [-0.15, -0.1) is 0 Å². The van der Waals surface area contributed by atoms with Crippen LogP contribution in [0.2, 0.25) is 5.02 Å². The van der Waals surface area contributed by atoms with Crippen molar-refractivity contribution < 1.29 is 13.2 Å². The van der Waals surface area contributed by atoms with E-state index in [2.05, 4.69) is 0 Å². The summed E-state index contributed by atoms with van der Waals surface area (Å²) in [5.74, 6) is 0.511. The second kappa shape index (κ2) is 3.29. The second-order valence-electron chi connectivity index (χ2n) is 2.92. The van der Waals surface area contributed by atoms with Crippen LogP contribution in [0.1, 0.15) is 5.56 Å². The summed E-state index contributed by atoms with van der Waals surface area (Å²) in [6.07, 6.45) is 0.549. The first-order valence-electron chi connectivity index (χ1n) is 3.88. The van der Waals surface area contributed by atoms with Gasteiger partial charge in [0.05, 0.1) is 11.5 Å². The molecule has 0 fully saturated rings. The van der Waals surface area contributed by atoms with Crippen molar-refractivity contribution in [1.82, 2.24) is 0 Å². The van der Waals surface area contributed by atoms with Gasteiger partial charge in [-0.2, -0.15) is 0 Å². The molecule has 0 aliphatic carbocycles. The molecule has 2 rings (SSSR count). The van der Waals surface area contributed by atoms with Crippen LogP contribution in [0, 0.1) is 0 Å². The van der Waals surface area contributed by atoms with Crippen molar-refractivity contribution in [2.75, 3.05) is 6.61 Å². The molecule has 14 heavy (non-hydrogen) atoms. The molecule has 0 aromatic heterocycles. The molecule has 0 unspecified atom stereocenters. The molecule has 0 N–H and O–H groups in total. The number of rotatable bonds is 1. The van der Waals surface area contributed by atoms with Crippen molar-refractivity contribution in [3.63, 3.8) is 0 Å². The van der Waals surface area contributed by atoms with E-state index in [1.165, 1.54) is 6.07 Å². The third-order valence-corrected chi connectivity index (χ3v) is 3.61. The van der Waals surface area contributed by atoms with Gasteiger partial charge < -0.3 is 4.74 Å². The SMILES string of the molecule is O=S(=O)(Cl)c1cc(Cl)cc2c1CCO2. The minimum Gasteiger partial charge on any atom is -0.493 e. The fraction of sp³-hybridized carbons (Fsp3) is 0.250. The van der Waals surface area contributed by atoms with E-state index in [-0.39, 0.29) is 4.90 Å². The quantitative estimate of drug-likeness (QED) is 0.720. The van der Waals surface area contributed by atoms with E-state index in [9.17, 15) is 8.42 Å². The third-order valence-electron chi connectivity index (χ3n) is 2.01. The van der Waals surface area contributed by atoms with E-state index in [1.807, 2.05) is 0 Å². The van der Waals surface area contributed by atoms with Gasteiger partial charge in [-0.1, -0.05) is 11.6 Å². The number of hydrogen-bond donors (Lipinski definition) is 0. The van der Waals surface area contributed by atoms with Gasteiger partial charge in [-0.25, -0.2) is 8.42 Å². The summed E-state index contributed by atoms with van der Waals surface area (Å²) < 4.78 is 27.6. The lowest BCUT2D eigenvalue weighted by Crippen LogP contribution is -1.96.